The zero-order valence-electron chi connectivity index (χ0n) is 11.1. The van der Waals surface area contributed by atoms with E-state index in [0.29, 0.717) is 11.5 Å². The number of hydrogen-bond donors (Lipinski definition) is 2. The van der Waals surface area contributed by atoms with E-state index in [9.17, 15) is 8.42 Å². The zero-order valence-corrected chi connectivity index (χ0v) is 11.9. The lowest BCUT2D eigenvalue weighted by Gasteiger charge is -2.22. The first-order valence-electron chi connectivity index (χ1n) is 6.42. The average molecular weight is 284 g/mol. The van der Waals surface area contributed by atoms with E-state index in [2.05, 4.69) is 5.32 Å². The average Bonchev–Trinajstić information content (AvgIpc) is 2.37. The third-order valence-electron chi connectivity index (χ3n) is 3.43. The van der Waals surface area contributed by atoms with Crippen molar-refractivity contribution in [2.45, 2.75) is 24.7 Å². The Bertz CT molecular complexity index is 537. The summed E-state index contributed by atoms with van der Waals surface area (Å²) in [5.41, 5.74) is 1.46. The first-order chi connectivity index (χ1) is 8.97. The SMILES string of the molecule is Cc1ccc(NCC2CCOCC2)cc1S(N)(=O)=O. The van der Waals surface area contributed by atoms with E-state index in [4.69, 9.17) is 9.88 Å². The molecule has 0 unspecified atom stereocenters. The van der Waals surface area contributed by atoms with Crippen LogP contribution in [0, 0.1) is 12.8 Å². The van der Waals surface area contributed by atoms with E-state index >= 15 is 0 Å². The van der Waals surface area contributed by atoms with Crippen LogP contribution in [0.4, 0.5) is 5.69 Å². The van der Waals surface area contributed by atoms with Crippen LogP contribution in [-0.4, -0.2) is 28.2 Å². The molecule has 0 atom stereocenters. The van der Waals surface area contributed by atoms with Gasteiger partial charge in [0.05, 0.1) is 4.90 Å². The largest absolute Gasteiger partial charge is 0.385 e. The second kappa shape index (κ2) is 5.90. The maximum atomic E-state index is 11.4. The molecule has 1 aromatic rings. The molecule has 1 aliphatic heterocycles. The Kier molecular flexibility index (Phi) is 4.44. The third-order valence-corrected chi connectivity index (χ3v) is 4.48. The first kappa shape index (κ1) is 14.3. The van der Waals surface area contributed by atoms with Crippen molar-refractivity contribution < 1.29 is 13.2 Å². The predicted octanol–water partition coefficient (Wildman–Crippen LogP) is 1.48. The number of primary sulfonamides is 1. The molecule has 2 rings (SSSR count). The van der Waals surface area contributed by atoms with Gasteiger partial charge in [-0.25, -0.2) is 13.6 Å². The molecule has 0 radical (unpaired) electrons. The fourth-order valence-electron chi connectivity index (χ4n) is 2.23. The number of aryl methyl sites for hydroxylation is 1. The van der Waals surface area contributed by atoms with E-state index in [1.165, 1.54) is 0 Å². The number of anilines is 1. The van der Waals surface area contributed by atoms with Gasteiger partial charge in [-0.1, -0.05) is 6.07 Å². The highest BCUT2D eigenvalue weighted by Crippen LogP contribution is 2.20. The molecule has 5 nitrogen and oxygen atoms in total. The number of hydrogen-bond acceptors (Lipinski definition) is 4. The minimum absolute atomic E-state index is 0.185. The quantitative estimate of drug-likeness (QED) is 0.877. The Morgan fingerprint density at radius 1 is 1.37 bits per heavy atom. The molecule has 19 heavy (non-hydrogen) atoms. The maximum absolute atomic E-state index is 11.4. The van der Waals surface area contributed by atoms with E-state index in [-0.39, 0.29) is 4.90 Å². The molecular weight excluding hydrogens is 264 g/mol. The molecule has 1 aromatic carbocycles. The lowest BCUT2D eigenvalue weighted by molar-refractivity contribution is 0.0699. The molecule has 0 aliphatic carbocycles. The highest BCUT2D eigenvalue weighted by atomic mass is 32.2. The molecule has 0 spiro atoms. The molecule has 1 saturated heterocycles. The zero-order chi connectivity index (χ0) is 13.9. The lowest BCUT2D eigenvalue weighted by atomic mass is 10.0. The summed E-state index contributed by atoms with van der Waals surface area (Å²) in [6.07, 6.45) is 2.09. The summed E-state index contributed by atoms with van der Waals surface area (Å²) in [7, 11) is -3.66. The Labute approximate surface area is 114 Å². The minimum atomic E-state index is -3.66. The van der Waals surface area contributed by atoms with Crippen LogP contribution in [0.1, 0.15) is 18.4 Å². The van der Waals surface area contributed by atoms with Gasteiger partial charge in [-0.2, -0.15) is 0 Å². The standard InChI is InChI=1S/C13H20N2O3S/c1-10-2-3-12(8-13(10)19(14,16)17)15-9-11-4-6-18-7-5-11/h2-3,8,11,15H,4-7,9H2,1H3,(H2,14,16,17). The second-order valence-corrected chi connectivity index (χ2v) is 6.49. The van der Waals surface area contributed by atoms with Gasteiger partial charge in [0.25, 0.3) is 0 Å². The van der Waals surface area contributed by atoms with Crippen LogP contribution >= 0.6 is 0 Å². The summed E-state index contributed by atoms with van der Waals surface area (Å²) in [6, 6.07) is 5.25. The van der Waals surface area contributed by atoms with E-state index in [0.717, 1.165) is 38.3 Å². The Balaban J connectivity index is 2.04. The van der Waals surface area contributed by atoms with Crippen LogP contribution in [0.5, 0.6) is 0 Å². The fraction of sp³-hybridized carbons (Fsp3) is 0.538. The van der Waals surface area contributed by atoms with Gasteiger partial charge in [-0.3, -0.25) is 0 Å². The molecule has 106 valence electrons. The van der Waals surface area contributed by atoms with Crippen LogP contribution in [0.15, 0.2) is 23.1 Å². The molecular formula is C13H20N2O3S. The van der Waals surface area contributed by atoms with E-state index < -0.39 is 10.0 Å². The summed E-state index contributed by atoms with van der Waals surface area (Å²) in [4.78, 5) is 0.185. The van der Waals surface area contributed by atoms with E-state index in [1.54, 1.807) is 19.1 Å². The van der Waals surface area contributed by atoms with Crippen molar-refractivity contribution >= 4 is 15.7 Å². The molecule has 0 bridgehead atoms. The molecule has 0 amide bonds. The summed E-state index contributed by atoms with van der Waals surface area (Å²) >= 11 is 0. The Hall–Kier alpha value is -1.11. The normalized spacial score (nSPS) is 17.4. The van der Waals surface area contributed by atoms with Gasteiger partial charge in [-0.15, -0.1) is 0 Å². The molecule has 0 saturated carbocycles. The van der Waals surface area contributed by atoms with Crippen LogP contribution < -0.4 is 10.5 Å². The first-order valence-corrected chi connectivity index (χ1v) is 7.96. The Morgan fingerprint density at radius 3 is 2.68 bits per heavy atom. The van der Waals surface area contributed by atoms with Crippen molar-refractivity contribution in [3.63, 3.8) is 0 Å². The van der Waals surface area contributed by atoms with Gasteiger partial charge in [0, 0.05) is 25.4 Å². The molecule has 1 heterocycles. The molecule has 6 heteroatoms. The minimum Gasteiger partial charge on any atom is -0.385 e. The highest BCUT2D eigenvalue weighted by molar-refractivity contribution is 7.89. The van der Waals surface area contributed by atoms with Crippen LogP contribution in [0.2, 0.25) is 0 Å². The van der Waals surface area contributed by atoms with Crippen LogP contribution in [0.25, 0.3) is 0 Å². The molecule has 1 aliphatic rings. The third kappa shape index (κ3) is 3.92. The van der Waals surface area contributed by atoms with Crippen molar-refractivity contribution in [1.82, 2.24) is 0 Å². The number of nitrogens with one attached hydrogen (secondary N) is 1. The van der Waals surface area contributed by atoms with Crippen molar-refractivity contribution in [3.8, 4) is 0 Å². The second-order valence-electron chi connectivity index (χ2n) is 4.96. The highest BCUT2D eigenvalue weighted by Gasteiger charge is 2.15. The topological polar surface area (TPSA) is 81.4 Å². The predicted molar refractivity (Wildman–Crippen MR) is 74.6 cm³/mol. The smallest absolute Gasteiger partial charge is 0.238 e. The monoisotopic (exact) mass is 284 g/mol. The van der Waals surface area contributed by atoms with Gasteiger partial charge < -0.3 is 10.1 Å². The number of benzene rings is 1. The van der Waals surface area contributed by atoms with Crippen molar-refractivity contribution in [1.29, 1.82) is 0 Å². The Morgan fingerprint density at radius 2 is 2.05 bits per heavy atom. The van der Waals surface area contributed by atoms with Crippen molar-refractivity contribution in [3.05, 3.63) is 23.8 Å². The molecule has 0 aromatic heterocycles. The number of ether oxygens (including phenoxy) is 1. The summed E-state index contributed by atoms with van der Waals surface area (Å²) in [6.45, 7) is 4.18. The number of sulfonamides is 1. The summed E-state index contributed by atoms with van der Waals surface area (Å²) < 4.78 is 28.2. The van der Waals surface area contributed by atoms with Crippen LogP contribution in [-0.2, 0) is 14.8 Å². The number of rotatable bonds is 4. The fourth-order valence-corrected chi connectivity index (χ4v) is 3.04. The van der Waals surface area contributed by atoms with Crippen molar-refractivity contribution in [2.24, 2.45) is 11.1 Å². The van der Waals surface area contributed by atoms with Gasteiger partial charge in [-0.05, 0) is 43.4 Å². The summed E-state index contributed by atoms with van der Waals surface area (Å²) in [5.74, 6) is 0.577. The molecule has 3 N–H and O–H groups in total. The van der Waals surface area contributed by atoms with Gasteiger partial charge >= 0.3 is 0 Å². The summed E-state index contributed by atoms with van der Waals surface area (Å²) in [5, 5.41) is 8.47. The van der Waals surface area contributed by atoms with Gasteiger partial charge in [0.2, 0.25) is 10.0 Å². The van der Waals surface area contributed by atoms with Gasteiger partial charge in [0.1, 0.15) is 0 Å². The van der Waals surface area contributed by atoms with Crippen LogP contribution in [0.3, 0.4) is 0 Å². The molecule has 1 fully saturated rings. The number of nitrogens with two attached hydrogens (primary N) is 1. The van der Waals surface area contributed by atoms with Gasteiger partial charge in [0.15, 0.2) is 0 Å². The lowest BCUT2D eigenvalue weighted by Crippen LogP contribution is -2.22. The van der Waals surface area contributed by atoms with E-state index in [1.807, 2.05) is 6.07 Å². The van der Waals surface area contributed by atoms with Crippen molar-refractivity contribution in [2.75, 3.05) is 25.1 Å². The maximum Gasteiger partial charge on any atom is 0.238 e.